The summed E-state index contributed by atoms with van der Waals surface area (Å²) in [6.07, 6.45) is -6.80. The van der Waals surface area contributed by atoms with Gasteiger partial charge in [0, 0.05) is 31.7 Å². The van der Waals surface area contributed by atoms with Gasteiger partial charge in [-0.25, -0.2) is 9.37 Å². The molecule has 2 unspecified atom stereocenters. The van der Waals surface area contributed by atoms with Gasteiger partial charge in [0.1, 0.15) is 11.6 Å². The third kappa shape index (κ3) is 6.31. The third-order valence-corrected chi connectivity index (χ3v) is 9.23. The molecule has 3 heterocycles. The van der Waals surface area contributed by atoms with Crippen molar-refractivity contribution in [1.29, 1.82) is 0 Å². The Morgan fingerprint density at radius 3 is 2.15 bits per heavy atom. The maximum Gasteiger partial charge on any atom is 0.416 e. The number of amides is 1. The highest BCUT2D eigenvalue weighted by Crippen LogP contribution is 2.42. The van der Waals surface area contributed by atoms with Crippen LogP contribution in [0.4, 0.5) is 42.2 Å². The zero-order valence-corrected chi connectivity index (χ0v) is 25.8. The van der Waals surface area contributed by atoms with Crippen molar-refractivity contribution in [3.63, 3.8) is 0 Å². The molecule has 2 atom stereocenters. The van der Waals surface area contributed by atoms with E-state index < -0.39 is 46.2 Å². The molecule has 46 heavy (non-hydrogen) atoms. The van der Waals surface area contributed by atoms with Gasteiger partial charge in [-0.1, -0.05) is 6.07 Å². The maximum absolute atomic E-state index is 14.1. The SMILES string of the molecule is Cc1cc(F)ccc1-c1cc(N2CCN3CCCC3C2CO)ncc1N(C)C(=O)C(C)(C)c1cc(C(F)(F)F)cc(C(F)(F)F)c1. The fourth-order valence-corrected chi connectivity index (χ4v) is 6.65. The number of aliphatic hydroxyl groups is 1. The van der Waals surface area contributed by atoms with Crippen LogP contribution in [0.2, 0.25) is 0 Å². The van der Waals surface area contributed by atoms with Crippen LogP contribution in [-0.4, -0.2) is 66.3 Å². The van der Waals surface area contributed by atoms with Crippen LogP contribution < -0.4 is 9.80 Å². The van der Waals surface area contributed by atoms with E-state index in [2.05, 4.69) is 9.88 Å². The van der Waals surface area contributed by atoms with Crippen LogP contribution in [0.3, 0.4) is 0 Å². The lowest BCUT2D eigenvalue weighted by molar-refractivity contribution is -0.143. The monoisotopic (exact) mass is 652 g/mol. The minimum atomic E-state index is -5.08. The van der Waals surface area contributed by atoms with E-state index in [1.165, 1.54) is 45.3 Å². The Morgan fingerprint density at radius 1 is 0.935 bits per heavy atom. The molecule has 0 spiro atoms. The van der Waals surface area contributed by atoms with E-state index in [1.807, 2.05) is 4.90 Å². The van der Waals surface area contributed by atoms with Gasteiger partial charge in [-0.2, -0.15) is 26.3 Å². The number of nitrogens with zero attached hydrogens (tertiary/aromatic N) is 4. The Morgan fingerprint density at radius 2 is 1.57 bits per heavy atom. The van der Waals surface area contributed by atoms with Crippen molar-refractivity contribution >= 4 is 17.4 Å². The standard InChI is InChI=1S/C33H35F7N4O2/c1-19-12-23(34)7-8-24(19)25-16-29(44-11-10-43-9-5-6-26(43)28(44)18-45)41-17-27(25)42(4)30(46)31(2,3)20-13-21(32(35,36)37)15-22(14-20)33(38,39)40/h7-8,12-17,26,28,45H,5-6,9-11,18H2,1-4H3. The summed E-state index contributed by atoms with van der Waals surface area (Å²) in [5, 5.41) is 10.4. The summed E-state index contributed by atoms with van der Waals surface area (Å²) in [6.45, 7) is 6.38. The molecule has 3 aromatic rings. The first-order valence-corrected chi connectivity index (χ1v) is 14.9. The van der Waals surface area contributed by atoms with E-state index in [1.54, 1.807) is 13.0 Å². The Hall–Kier alpha value is -3.71. The molecule has 1 amide bonds. The van der Waals surface area contributed by atoms with Gasteiger partial charge in [-0.15, -0.1) is 0 Å². The second-order valence-electron chi connectivity index (χ2n) is 12.5. The summed E-state index contributed by atoms with van der Waals surface area (Å²) in [5.74, 6) is -0.755. The van der Waals surface area contributed by atoms with Crippen molar-refractivity contribution in [1.82, 2.24) is 9.88 Å². The zero-order valence-electron chi connectivity index (χ0n) is 25.8. The van der Waals surface area contributed by atoms with Crippen LogP contribution in [0.1, 0.15) is 48.9 Å². The molecule has 0 saturated carbocycles. The number of aromatic nitrogens is 1. The molecule has 6 nitrogen and oxygen atoms in total. The number of pyridine rings is 1. The number of likely N-dealkylation sites (N-methyl/N-ethyl adjacent to an activating group) is 1. The van der Waals surface area contributed by atoms with Crippen LogP contribution in [0.5, 0.6) is 0 Å². The van der Waals surface area contributed by atoms with Crippen molar-refractivity contribution in [3.05, 3.63) is 76.7 Å². The van der Waals surface area contributed by atoms with E-state index in [0.717, 1.165) is 30.8 Å². The lowest BCUT2D eigenvalue weighted by Gasteiger charge is -2.45. The molecular formula is C33H35F7N4O2. The first-order valence-electron chi connectivity index (χ1n) is 14.9. The molecule has 2 aromatic carbocycles. The Labute approximate surface area is 262 Å². The normalized spacial score (nSPS) is 19.3. The molecule has 2 aliphatic rings. The summed E-state index contributed by atoms with van der Waals surface area (Å²) in [5.41, 5.74) is -3.58. The second-order valence-corrected chi connectivity index (χ2v) is 12.5. The first kappa shape index (κ1) is 33.6. The number of hydrogen-bond donors (Lipinski definition) is 1. The predicted octanol–water partition coefficient (Wildman–Crippen LogP) is 6.82. The summed E-state index contributed by atoms with van der Waals surface area (Å²) < 4.78 is 96.1. The average Bonchev–Trinajstić information content (AvgIpc) is 3.47. The van der Waals surface area contributed by atoms with Gasteiger partial charge in [-0.3, -0.25) is 9.69 Å². The summed E-state index contributed by atoms with van der Waals surface area (Å²) in [4.78, 5) is 24.2. The molecule has 2 aliphatic heterocycles. The van der Waals surface area contributed by atoms with Gasteiger partial charge in [-0.05, 0) is 93.2 Å². The molecule has 0 aliphatic carbocycles. The number of aryl methyl sites for hydroxylation is 1. The van der Waals surface area contributed by atoms with Gasteiger partial charge >= 0.3 is 12.4 Å². The topological polar surface area (TPSA) is 59.9 Å². The number of alkyl halides is 6. The van der Waals surface area contributed by atoms with Crippen molar-refractivity contribution in [2.45, 2.75) is 63.5 Å². The van der Waals surface area contributed by atoms with Crippen molar-refractivity contribution in [2.24, 2.45) is 0 Å². The number of benzene rings is 2. The van der Waals surface area contributed by atoms with Crippen LogP contribution in [0, 0.1) is 12.7 Å². The van der Waals surface area contributed by atoms with E-state index in [-0.39, 0.29) is 30.4 Å². The molecule has 1 N–H and O–H groups in total. The van der Waals surface area contributed by atoms with Gasteiger partial charge in [0.25, 0.3) is 0 Å². The van der Waals surface area contributed by atoms with Crippen LogP contribution in [0.15, 0.2) is 48.7 Å². The lowest BCUT2D eigenvalue weighted by atomic mass is 9.81. The zero-order chi connectivity index (χ0) is 33.8. The summed E-state index contributed by atoms with van der Waals surface area (Å²) in [7, 11) is 1.37. The molecule has 2 saturated heterocycles. The first-order chi connectivity index (χ1) is 21.4. The minimum Gasteiger partial charge on any atom is -0.394 e. The number of carbonyl (C=O) groups is 1. The van der Waals surface area contributed by atoms with Crippen molar-refractivity contribution in [2.75, 3.05) is 43.1 Å². The highest BCUT2D eigenvalue weighted by Gasteiger charge is 2.42. The molecule has 1 aromatic heterocycles. The number of fused-ring (bicyclic) bond motifs is 1. The molecule has 0 radical (unpaired) electrons. The van der Waals surface area contributed by atoms with Gasteiger partial charge < -0.3 is 14.9 Å². The number of piperazine rings is 1. The molecule has 5 rings (SSSR count). The average molecular weight is 653 g/mol. The molecule has 2 fully saturated rings. The fourth-order valence-electron chi connectivity index (χ4n) is 6.65. The Balaban J connectivity index is 1.59. The molecule has 13 heteroatoms. The summed E-state index contributed by atoms with van der Waals surface area (Å²) >= 11 is 0. The molecule has 0 bridgehead atoms. The number of aliphatic hydroxyl groups excluding tert-OH is 1. The van der Waals surface area contributed by atoms with Gasteiger partial charge in [0.15, 0.2) is 0 Å². The predicted molar refractivity (Wildman–Crippen MR) is 160 cm³/mol. The highest BCUT2D eigenvalue weighted by atomic mass is 19.4. The van der Waals surface area contributed by atoms with Gasteiger partial charge in [0.05, 0.1) is 41.1 Å². The molecule has 248 valence electrons. The number of carbonyl (C=O) groups excluding carboxylic acids is 1. The van der Waals surface area contributed by atoms with Crippen molar-refractivity contribution < 1.29 is 40.6 Å². The van der Waals surface area contributed by atoms with Crippen molar-refractivity contribution in [3.8, 4) is 11.1 Å². The number of anilines is 2. The van der Waals surface area contributed by atoms with E-state index in [4.69, 9.17) is 0 Å². The number of rotatable bonds is 6. The Kier molecular flexibility index (Phi) is 8.88. The van der Waals surface area contributed by atoms with Crippen LogP contribution in [0.25, 0.3) is 11.1 Å². The molecular weight excluding hydrogens is 617 g/mol. The smallest absolute Gasteiger partial charge is 0.394 e. The maximum atomic E-state index is 14.1. The summed E-state index contributed by atoms with van der Waals surface area (Å²) in [6, 6.07) is 6.89. The largest absolute Gasteiger partial charge is 0.416 e. The van der Waals surface area contributed by atoms with Gasteiger partial charge in [0.2, 0.25) is 5.91 Å². The number of hydrogen-bond acceptors (Lipinski definition) is 5. The van der Waals surface area contributed by atoms with Crippen LogP contribution in [-0.2, 0) is 22.6 Å². The quantitative estimate of drug-likeness (QED) is 0.297. The highest BCUT2D eigenvalue weighted by molar-refractivity contribution is 6.03. The minimum absolute atomic E-state index is 0.0247. The number of halogens is 7. The Bertz CT molecular complexity index is 1590. The van der Waals surface area contributed by atoms with E-state index >= 15 is 0 Å². The fraction of sp³-hybridized carbons (Fsp3) is 0.455. The second kappa shape index (κ2) is 12.1. The third-order valence-electron chi connectivity index (χ3n) is 9.23. The van der Waals surface area contributed by atoms with E-state index in [0.29, 0.717) is 41.2 Å². The van der Waals surface area contributed by atoms with E-state index in [9.17, 15) is 40.6 Å². The van der Waals surface area contributed by atoms with Crippen LogP contribution >= 0.6 is 0 Å². The lowest BCUT2D eigenvalue weighted by Crippen LogP contribution is -2.59.